The van der Waals surface area contributed by atoms with Crippen molar-refractivity contribution in [2.45, 2.75) is 52.1 Å². The van der Waals surface area contributed by atoms with Gasteiger partial charge < -0.3 is 34.5 Å². The molecule has 1 atom stereocenters. The zero-order valence-electron chi connectivity index (χ0n) is 28.8. The summed E-state index contributed by atoms with van der Waals surface area (Å²) in [4.78, 5) is 26.4. The molecule has 1 aromatic heterocycles. The Hall–Kier alpha value is -3.45. The SMILES string of the molecule is COc1cc(N2CCC(CN3CCC(C(=O)OC(C)(C)C)CC3)CC2)ccc1Nc1ncc(Cl)c(Nc2ccccc2N(C)[S+](C)[O-])n1. The van der Waals surface area contributed by atoms with E-state index < -0.39 is 17.0 Å². The molecule has 0 spiro atoms. The molecule has 2 N–H and O–H groups in total. The van der Waals surface area contributed by atoms with Crippen LogP contribution in [-0.4, -0.2) is 84.1 Å². The number of ether oxygens (including phenoxy) is 2. The van der Waals surface area contributed by atoms with E-state index in [1.807, 2.05) is 51.1 Å². The third kappa shape index (κ3) is 9.37. The summed E-state index contributed by atoms with van der Waals surface area (Å²) in [6.07, 6.45) is 7.16. The highest BCUT2D eigenvalue weighted by atomic mass is 35.5. The monoisotopic (exact) mass is 697 g/mol. The van der Waals surface area contributed by atoms with Crippen molar-refractivity contribution in [3.05, 3.63) is 53.7 Å². The lowest BCUT2D eigenvalue weighted by Crippen LogP contribution is -2.43. The van der Waals surface area contributed by atoms with E-state index in [1.165, 1.54) is 6.20 Å². The van der Waals surface area contributed by atoms with Gasteiger partial charge >= 0.3 is 5.97 Å². The molecule has 0 aliphatic carbocycles. The summed E-state index contributed by atoms with van der Waals surface area (Å²) in [5.41, 5.74) is 2.89. The minimum atomic E-state index is -1.20. The standard InChI is InChI=1S/C35H48ClN7O4S/c1-35(2,3)47-33(44)25-15-17-42(18-16-25)23-24-13-19-43(20-14-24)26-11-12-29(31(21-26)46-5)39-34-37-22-27(36)32(40-34)38-28-9-7-8-10-30(28)41(4)48(6)45/h7-12,21-22,24-25H,13-20,23H2,1-6H3,(H2,37,38,39,40). The van der Waals surface area contributed by atoms with Gasteiger partial charge in [0.25, 0.3) is 0 Å². The van der Waals surface area contributed by atoms with Crippen molar-refractivity contribution in [2.75, 3.05) is 73.0 Å². The van der Waals surface area contributed by atoms with Crippen LogP contribution < -0.4 is 24.6 Å². The molecular weight excluding hydrogens is 650 g/mol. The third-order valence-electron chi connectivity index (χ3n) is 8.88. The largest absolute Gasteiger partial charge is 0.593 e. The number of rotatable bonds is 11. The predicted octanol–water partition coefficient (Wildman–Crippen LogP) is 6.63. The van der Waals surface area contributed by atoms with Crippen molar-refractivity contribution in [3.8, 4) is 5.75 Å². The lowest BCUT2D eigenvalue weighted by atomic mass is 9.92. The second kappa shape index (κ2) is 15.8. The van der Waals surface area contributed by atoms with E-state index in [9.17, 15) is 9.35 Å². The quantitative estimate of drug-likeness (QED) is 0.166. The van der Waals surface area contributed by atoms with Crippen LogP contribution in [0.5, 0.6) is 5.75 Å². The molecule has 3 heterocycles. The first-order valence-electron chi connectivity index (χ1n) is 16.5. The van der Waals surface area contributed by atoms with Crippen LogP contribution in [0.1, 0.15) is 46.5 Å². The maximum Gasteiger partial charge on any atom is 0.309 e. The van der Waals surface area contributed by atoms with Crippen LogP contribution in [0.4, 0.5) is 34.5 Å². The highest BCUT2D eigenvalue weighted by Crippen LogP contribution is 2.35. The lowest BCUT2D eigenvalue weighted by molar-refractivity contribution is -0.161. The second-order valence-corrected chi connectivity index (χ2v) is 15.3. The highest BCUT2D eigenvalue weighted by Gasteiger charge is 2.30. The summed E-state index contributed by atoms with van der Waals surface area (Å²) in [5.74, 6) is 2.07. The van der Waals surface area contributed by atoms with Crippen LogP contribution in [0.25, 0.3) is 0 Å². The Morgan fingerprint density at radius 3 is 2.44 bits per heavy atom. The number of para-hydroxylation sites is 2. The van der Waals surface area contributed by atoms with Gasteiger partial charge in [-0.25, -0.2) is 4.98 Å². The molecule has 48 heavy (non-hydrogen) atoms. The van der Waals surface area contributed by atoms with E-state index in [0.717, 1.165) is 81.2 Å². The number of aromatic nitrogens is 2. The van der Waals surface area contributed by atoms with E-state index in [1.54, 1.807) is 24.7 Å². The fraction of sp³-hybridized carbons (Fsp3) is 0.514. The molecule has 2 fully saturated rings. The topological polar surface area (TPSA) is 118 Å². The molecule has 5 rings (SSSR count). The summed E-state index contributed by atoms with van der Waals surface area (Å²) in [6.45, 7) is 10.7. The summed E-state index contributed by atoms with van der Waals surface area (Å²) in [6, 6.07) is 13.7. The number of piperidine rings is 2. The van der Waals surface area contributed by atoms with E-state index in [4.69, 9.17) is 21.1 Å². The van der Waals surface area contributed by atoms with Gasteiger partial charge in [-0.05, 0) is 89.7 Å². The summed E-state index contributed by atoms with van der Waals surface area (Å²) in [7, 11) is 3.42. The van der Waals surface area contributed by atoms with Gasteiger partial charge in [-0.1, -0.05) is 23.7 Å². The molecule has 0 amide bonds. The molecule has 11 nitrogen and oxygen atoms in total. The Kier molecular flexibility index (Phi) is 11.8. The smallest absolute Gasteiger partial charge is 0.309 e. The summed E-state index contributed by atoms with van der Waals surface area (Å²) in [5, 5.41) is 6.90. The van der Waals surface area contributed by atoms with Crippen LogP contribution in [0.3, 0.4) is 0 Å². The van der Waals surface area contributed by atoms with E-state index in [2.05, 4.69) is 42.5 Å². The van der Waals surface area contributed by atoms with Crippen molar-refractivity contribution in [1.82, 2.24) is 14.9 Å². The number of hydrogen-bond acceptors (Lipinski definition) is 11. The maximum absolute atomic E-state index is 12.5. The number of carbonyl (C=O) groups excluding carboxylic acids is 1. The van der Waals surface area contributed by atoms with Gasteiger partial charge in [0, 0.05) is 31.4 Å². The second-order valence-electron chi connectivity index (χ2n) is 13.5. The number of carbonyl (C=O) groups is 1. The fourth-order valence-electron chi connectivity index (χ4n) is 6.21. The van der Waals surface area contributed by atoms with Gasteiger partial charge in [-0.2, -0.15) is 9.29 Å². The van der Waals surface area contributed by atoms with Crippen molar-refractivity contribution < 1.29 is 18.8 Å². The van der Waals surface area contributed by atoms with Crippen molar-refractivity contribution in [3.63, 3.8) is 0 Å². The molecule has 2 saturated heterocycles. The van der Waals surface area contributed by atoms with Crippen molar-refractivity contribution in [1.29, 1.82) is 0 Å². The average Bonchev–Trinajstić information content (AvgIpc) is 3.06. The van der Waals surface area contributed by atoms with Crippen LogP contribution in [0, 0.1) is 11.8 Å². The Labute approximate surface area is 292 Å². The zero-order chi connectivity index (χ0) is 34.4. The van der Waals surface area contributed by atoms with Crippen LogP contribution in [0.2, 0.25) is 5.02 Å². The molecule has 2 aliphatic rings. The summed E-state index contributed by atoms with van der Waals surface area (Å²) < 4.78 is 25.2. The number of esters is 1. The van der Waals surface area contributed by atoms with Gasteiger partial charge in [0.15, 0.2) is 5.82 Å². The number of benzene rings is 2. The molecule has 0 radical (unpaired) electrons. The molecule has 3 aromatic rings. The minimum absolute atomic E-state index is 0.0177. The first-order chi connectivity index (χ1) is 22.9. The molecule has 260 valence electrons. The van der Waals surface area contributed by atoms with E-state index in [0.29, 0.717) is 28.5 Å². The molecule has 1 unspecified atom stereocenters. The number of methoxy groups -OCH3 is 1. The Morgan fingerprint density at radius 1 is 1.06 bits per heavy atom. The molecule has 2 aromatic carbocycles. The van der Waals surface area contributed by atoms with Gasteiger partial charge in [0.1, 0.15) is 28.3 Å². The van der Waals surface area contributed by atoms with E-state index >= 15 is 0 Å². The number of anilines is 6. The zero-order valence-corrected chi connectivity index (χ0v) is 30.4. The normalized spacial score (nSPS) is 17.1. The number of halogens is 1. The Bertz CT molecular complexity index is 1540. The lowest BCUT2D eigenvalue weighted by Gasteiger charge is -2.38. The fourth-order valence-corrected chi connectivity index (χ4v) is 6.79. The first-order valence-corrected chi connectivity index (χ1v) is 18.4. The molecule has 0 saturated carbocycles. The van der Waals surface area contributed by atoms with Crippen molar-refractivity contribution in [2.24, 2.45) is 11.8 Å². The number of likely N-dealkylation sites (tertiary alicyclic amines) is 1. The number of nitrogens with zero attached hydrogens (tertiary/aromatic N) is 5. The minimum Gasteiger partial charge on any atom is -0.593 e. The molecule has 2 aliphatic heterocycles. The summed E-state index contributed by atoms with van der Waals surface area (Å²) >= 11 is 5.27. The number of hydrogen-bond donors (Lipinski definition) is 2. The first kappa shape index (κ1) is 35.8. The third-order valence-corrected chi connectivity index (χ3v) is 10.1. The van der Waals surface area contributed by atoms with Crippen LogP contribution >= 0.6 is 11.6 Å². The number of nitrogens with one attached hydrogen (secondary N) is 2. The van der Waals surface area contributed by atoms with E-state index in [-0.39, 0.29) is 11.9 Å². The van der Waals surface area contributed by atoms with Crippen LogP contribution in [0.15, 0.2) is 48.7 Å². The molecule has 0 bridgehead atoms. The predicted molar refractivity (Wildman–Crippen MR) is 195 cm³/mol. The van der Waals surface area contributed by atoms with Gasteiger partial charge in [0.2, 0.25) is 5.95 Å². The Balaban J connectivity index is 1.16. The van der Waals surface area contributed by atoms with Gasteiger partial charge in [-0.3, -0.25) is 4.79 Å². The maximum atomic E-state index is 12.5. The van der Waals surface area contributed by atoms with Gasteiger partial charge in [0.05, 0.1) is 49.0 Å². The Morgan fingerprint density at radius 2 is 1.77 bits per heavy atom. The van der Waals surface area contributed by atoms with Crippen molar-refractivity contribution >= 4 is 63.4 Å². The molecular formula is C35H48ClN7O4S. The van der Waals surface area contributed by atoms with Crippen LogP contribution in [-0.2, 0) is 20.9 Å². The average molecular weight is 698 g/mol. The molecule has 13 heteroatoms. The highest BCUT2D eigenvalue weighted by molar-refractivity contribution is 7.92. The van der Waals surface area contributed by atoms with Gasteiger partial charge in [-0.15, -0.1) is 0 Å².